The first-order chi connectivity index (χ1) is 14.5. The summed E-state index contributed by atoms with van der Waals surface area (Å²) in [5.74, 6) is 0.705. The fraction of sp³-hybridized carbons (Fsp3) is 0.364. The Hall–Kier alpha value is -3.07. The summed E-state index contributed by atoms with van der Waals surface area (Å²) in [6.07, 6.45) is 4.99. The smallest absolute Gasteiger partial charge is 0.331 e. The first kappa shape index (κ1) is 22.6. The predicted molar refractivity (Wildman–Crippen MR) is 117 cm³/mol. The lowest BCUT2D eigenvalue weighted by Crippen LogP contribution is -2.29. The molecule has 0 aliphatic carbocycles. The highest BCUT2D eigenvalue weighted by Crippen LogP contribution is 2.35. The van der Waals surface area contributed by atoms with Gasteiger partial charge in [-0.1, -0.05) is 0 Å². The van der Waals surface area contributed by atoms with E-state index in [9.17, 15) is 13.2 Å². The lowest BCUT2D eigenvalue weighted by atomic mass is 10.1. The van der Waals surface area contributed by atoms with E-state index in [-0.39, 0.29) is 11.4 Å². The third-order valence-corrected chi connectivity index (χ3v) is 6.33. The lowest BCUT2D eigenvalue weighted by Gasteiger charge is -2.19. The van der Waals surface area contributed by atoms with Gasteiger partial charge in [0.25, 0.3) is 10.0 Å². The quantitative estimate of drug-likeness (QED) is 0.497. The molecule has 1 aliphatic heterocycles. The molecule has 9 heteroatoms. The Bertz CT molecular complexity index is 1120. The van der Waals surface area contributed by atoms with E-state index in [0.29, 0.717) is 29.3 Å². The number of hydrogen-bond donors (Lipinski definition) is 0. The van der Waals surface area contributed by atoms with Crippen LogP contribution >= 0.6 is 0 Å². The van der Waals surface area contributed by atoms with Crippen LogP contribution in [0.3, 0.4) is 0 Å². The van der Waals surface area contributed by atoms with Crippen molar-refractivity contribution in [3.63, 3.8) is 0 Å². The number of methoxy groups -OCH3 is 2. The number of carbonyl (C=O) groups excluding carboxylic acids is 1. The molecule has 0 saturated carbocycles. The summed E-state index contributed by atoms with van der Waals surface area (Å²) in [6.45, 7) is 5.66. The maximum atomic E-state index is 13.2. The number of anilines is 1. The Labute approximate surface area is 182 Å². The van der Waals surface area contributed by atoms with Gasteiger partial charge in [0, 0.05) is 24.9 Å². The number of benzene rings is 1. The highest BCUT2D eigenvalue weighted by Gasteiger charge is 2.32. The van der Waals surface area contributed by atoms with Gasteiger partial charge in [0.05, 0.1) is 19.1 Å². The zero-order valence-electron chi connectivity index (χ0n) is 18.2. The van der Waals surface area contributed by atoms with Crippen LogP contribution in [-0.4, -0.2) is 45.7 Å². The van der Waals surface area contributed by atoms with Crippen molar-refractivity contribution in [3.05, 3.63) is 47.7 Å². The van der Waals surface area contributed by atoms with Crippen LogP contribution in [0.4, 0.5) is 5.82 Å². The van der Waals surface area contributed by atoms with Gasteiger partial charge in [0.2, 0.25) is 0 Å². The number of sulfonamides is 1. The molecule has 0 radical (unpaired) electrons. The monoisotopic (exact) mass is 446 g/mol. The van der Waals surface area contributed by atoms with Crippen LogP contribution in [0.25, 0.3) is 6.08 Å². The van der Waals surface area contributed by atoms with Crippen LogP contribution in [0.15, 0.2) is 41.4 Å². The molecule has 2 aromatic rings. The Morgan fingerprint density at radius 2 is 1.84 bits per heavy atom. The molecule has 1 aliphatic rings. The van der Waals surface area contributed by atoms with Gasteiger partial charge in [-0.25, -0.2) is 22.5 Å². The zero-order valence-corrected chi connectivity index (χ0v) is 19.0. The summed E-state index contributed by atoms with van der Waals surface area (Å²) in [5, 5.41) is 0. The van der Waals surface area contributed by atoms with Crippen molar-refractivity contribution < 1.29 is 27.4 Å². The first-order valence-electron chi connectivity index (χ1n) is 9.70. The van der Waals surface area contributed by atoms with Crippen molar-refractivity contribution in [1.82, 2.24) is 4.98 Å². The van der Waals surface area contributed by atoms with Crippen molar-refractivity contribution in [3.8, 4) is 11.5 Å². The molecule has 0 saturated heterocycles. The summed E-state index contributed by atoms with van der Waals surface area (Å²) in [4.78, 5) is 16.3. The fourth-order valence-electron chi connectivity index (χ4n) is 3.19. The normalized spacial score (nSPS) is 13.9. The maximum Gasteiger partial charge on any atom is 0.331 e. The average molecular weight is 447 g/mol. The van der Waals surface area contributed by atoms with Gasteiger partial charge < -0.3 is 14.2 Å². The minimum atomic E-state index is -3.83. The maximum absolute atomic E-state index is 13.2. The summed E-state index contributed by atoms with van der Waals surface area (Å²) < 4.78 is 43.4. The third-order valence-electron chi connectivity index (χ3n) is 4.55. The zero-order chi connectivity index (χ0) is 22.8. The molecule has 0 atom stereocenters. The molecular formula is C22H26N2O6S. The summed E-state index contributed by atoms with van der Waals surface area (Å²) in [6, 6.07) is 6.30. The number of nitrogens with zero attached hydrogens (tertiary/aromatic N) is 2. The van der Waals surface area contributed by atoms with Gasteiger partial charge in [-0.2, -0.15) is 0 Å². The highest BCUT2D eigenvalue weighted by atomic mass is 32.2. The average Bonchev–Trinajstić information content (AvgIpc) is 3.14. The standard InChI is InChI=1S/C22H26N2O6S/c1-22(2,3)30-20(25)9-6-15-12-16-10-11-24(21(16)23-14-15)31(26,27)17-7-8-18(28-4)19(13-17)29-5/h6-9,12-14H,10-11H2,1-5H3. The lowest BCUT2D eigenvalue weighted by molar-refractivity contribution is -0.148. The molecule has 1 aromatic carbocycles. The number of ether oxygens (including phenoxy) is 3. The van der Waals surface area contributed by atoms with Crippen molar-refractivity contribution in [2.75, 3.05) is 25.1 Å². The SMILES string of the molecule is COc1ccc(S(=O)(=O)N2CCc3cc(C=CC(=O)OC(C)(C)C)cnc32)cc1OC. The molecule has 0 bridgehead atoms. The van der Waals surface area contributed by atoms with Crippen LogP contribution in [0.5, 0.6) is 11.5 Å². The molecule has 0 N–H and O–H groups in total. The largest absolute Gasteiger partial charge is 0.493 e. The molecule has 1 aromatic heterocycles. The highest BCUT2D eigenvalue weighted by molar-refractivity contribution is 7.92. The number of fused-ring (bicyclic) bond motifs is 1. The number of rotatable bonds is 6. The third kappa shape index (κ3) is 4.99. The van der Waals surface area contributed by atoms with Gasteiger partial charge in [-0.15, -0.1) is 0 Å². The molecule has 0 spiro atoms. The number of aromatic nitrogens is 1. The minimum Gasteiger partial charge on any atom is -0.493 e. The molecule has 3 rings (SSSR count). The van der Waals surface area contributed by atoms with Crippen LogP contribution in [0.1, 0.15) is 31.9 Å². The Balaban J connectivity index is 1.85. The second kappa shape index (κ2) is 8.58. The van der Waals surface area contributed by atoms with Crippen molar-refractivity contribution in [2.45, 2.75) is 37.7 Å². The van der Waals surface area contributed by atoms with E-state index in [0.717, 1.165) is 5.56 Å². The Morgan fingerprint density at radius 1 is 1.13 bits per heavy atom. The molecule has 2 heterocycles. The molecule has 31 heavy (non-hydrogen) atoms. The number of hydrogen-bond acceptors (Lipinski definition) is 7. The topological polar surface area (TPSA) is 95.0 Å². The second-order valence-electron chi connectivity index (χ2n) is 7.96. The Kier molecular flexibility index (Phi) is 6.26. The molecule has 8 nitrogen and oxygen atoms in total. The van der Waals surface area contributed by atoms with Crippen LogP contribution in [0.2, 0.25) is 0 Å². The second-order valence-corrected chi connectivity index (χ2v) is 9.82. The van der Waals surface area contributed by atoms with Crippen molar-refractivity contribution >= 4 is 27.9 Å². The van der Waals surface area contributed by atoms with E-state index >= 15 is 0 Å². The number of pyridine rings is 1. The van der Waals surface area contributed by atoms with Gasteiger partial charge in [0.1, 0.15) is 11.4 Å². The van der Waals surface area contributed by atoms with E-state index in [2.05, 4.69) is 4.98 Å². The van der Waals surface area contributed by atoms with E-state index in [1.807, 2.05) is 6.07 Å². The Morgan fingerprint density at radius 3 is 2.48 bits per heavy atom. The van der Waals surface area contributed by atoms with Crippen LogP contribution in [-0.2, 0) is 26.0 Å². The van der Waals surface area contributed by atoms with Crippen LogP contribution in [0, 0.1) is 0 Å². The molecule has 0 unspecified atom stereocenters. The van der Waals surface area contributed by atoms with E-state index in [1.54, 1.807) is 32.9 Å². The van der Waals surface area contributed by atoms with Gasteiger partial charge in [-0.3, -0.25) is 0 Å². The first-order valence-corrected chi connectivity index (χ1v) is 11.1. The molecule has 166 valence electrons. The molecule has 0 amide bonds. The van der Waals surface area contributed by atoms with E-state index < -0.39 is 21.6 Å². The van der Waals surface area contributed by atoms with Crippen molar-refractivity contribution in [1.29, 1.82) is 0 Å². The predicted octanol–water partition coefficient (Wildman–Crippen LogP) is 3.21. The minimum absolute atomic E-state index is 0.0914. The molecule has 0 fully saturated rings. The number of esters is 1. The molecular weight excluding hydrogens is 420 g/mol. The fourth-order valence-corrected chi connectivity index (χ4v) is 4.66. The number of carbonyl (C=O) groups is 1. The summed E-state index contributed by atoms with van der Waals surface area (Å²) in [5.41, 5.74) is 0.904. The van der Waals surface area contributed by atoms with Crippen LogP contribution < -0.4 is 13.8 Å². The van der Waals surface area contributed by atoms with E-state index in [4.69, 9.17) is 14.2 Å². The van der Waals surface area contributed by atoms with Crippen molar-refractivity contribution in [2.24, 2.45) is 0 Å². The van der Waals surface area contributed by atoms with Gasteiger partial charge in [0.15, 0.2) is 11.5 Å². The van der Waals surface area contributed by atoms with Gasteiger partial charge >= 0.3 is 5.97 Å². The summed E-state index contributed by atoms with van der Waals surface area (Å²) >= 11 is 0. The summed E-state index contributed by atoms with van der Waals surface area (Å²) in [7, 11) is -0.886. The van der Waals surface area contributed by atoms with E-state index in [1.165, 1.54) is 42.9 Å². The van der Waals surface area contributed by atoms with Gasteiger partial charge in [-0.05, 0) is 62.6 Å².